The maximum absolute atomic E-state index is 14.7. The van der Waals surface area contributed by atoms with Crippen LogP contribution in [0.25, 0.3) is 10.9 Å². The van der Waals surface area contributed by atoms with Crippen molar-refractivity contribution in [2.45, 2.75) is 63.8 Å². The number of hydrogen-bond acceptors (Lipinski definition) is 5. The number of aromatic nitrogens is 1. The molecule has 2 atom stereocenters. The molecule has 1 unspecified atom stereocenters. The Morgan fingerprint density at radius 3 is 2.42 bits per heavy atom. The third kappa shape index (κ3) is 5.05. The first-order valence-electron chi connectivity index (χ1n) is 16.1. The molecule has 234 valence electrons. The molecule has 0 bridgehead atoms. The van der Waals surface area contributed by atoms with E-state index in [1.807, 2.05) is 67.0 Å². The number of benzene rings is 3. The molecule has 3 aromatic carbocycles. The monoisotopic (exact) mass is 606 g/mol. The average Bonchev–Trinajstić information content (AvgIpc) is 3.45. The Morgan fingerprint density at radius 1 is 0.956 bits per heavy atom. The number of carbonyl (C=O) groups is 2. The smallest absolute Gasteiger partial charge is 0.255 e. The summed E-state index contributed by atoms with van der Waals surface area (Å²) in [6, 6.07) is 24.8. The van der Waals surface area contributed by atoms with Crippen LogP contribution in [0, 0.1) is 0 Å². The molecule has 4 heterocycles. The summed E-state index contributed by atoms with van der Waals surface area (Å²) in [7, 11) is 1.65. The van der Waals surface area contributed by atoms with Crippen molar-refractivity contribution in [2.24, 2.45) is 0 Å². The molecule has 0 aliphatic carbocycles. The number of para-hydroxylation sites is 1. The molecule has 1 aromatic heterocycles. The first-order chi connectivity index (χ1) is 21.8. The van der Waals surface area contributed by atoms with Crippen molar-refractivity contribution in [1.29, 1.82) is 0 Å². The number of rotatable bonds is 7. The van der Waals surface area contributed by atoms with Gasteiger partial charge in [-0.15, -0.1) is 0 Å². The Morgan fingerprint density at radius 2 is 1.69 bits per heavy atom. The molecular formula is C37H42N4O4. The minimum atomic E-state index is -1.12. The van der Waals surface area contributed by atoms with Gasteiger partial charge in [-0.25, -0.2) is 0 Å². The zero-order valence-electron chi connectivity index (χ0n) is 26.6. The number of likely N-dealkylation sites (tertiary alicyclic amines) is 1. The number of ether oxygens (including phenoxy) is 2. The average molecular weight is 607 g/mol. The van der Waals surface area contributed by atoms with Gasteiger partial charge >= 0.3 is 0 Å². The number of fused-ring (bicyclic) bond motifs is 5. The molecule has 0 radical (unpaired) electrons. The number of piperazine rings is 1. The molecule has 1 N–H and O–H groups in total. The van der Waals surface area contributed by atoms with Crippen molar-refractivity contribution in [3.8, 4) is 11.5 Å². The molecule has 3 aliphatic heterocycles. The van der Waals surface area contributed by atoms with Gasteiger partial charge in [-0.2, -0.15) is 0 Å². The SMILES string of the molecule is COc1cc(C2CN3C(=O)CN(C4CCN(Cc5ccccc5)CC4)C(=O)[C@]3(C)c3[nH]c4ccccc4c32)ccc1OC(C)C. The summed E-state index contributed by atoms with van der Waals surface area (Å²) in [6.07, 6.45) is 1.72. The second-order valence-electron chi connectivity index (χ2n) is 13.1. The maximum Gasteiger partial charge on any atom is 0.255 e. The van der Waals surface area contributed by atoms with Gasteiger partial charge in [-0.1, -0.05) is 54.6 Å². The third-order valence-electron chi connectivity index (χ3n) is 9.97. The lowest BCUT2D eigenvalue weighted by Crippen LogP contribution is -2.69. The van der Waals surface area contributed by atoms with E-state index in [0.717, 1.165) is 60.2 Å². The number of nitrogens with zero attached hydrogens (tertiary/aromatic N) is 3. The second kappa shape index (κ2) is 11.6. The van der Waals surface area contributed by atoms with Crippen LogP contribution in [-0.4, -0.2) is 76.9 Å². The number of hydrogen-bond donors (Lipinski definition) is 1. The van der Waals surface area contributed by atoms with Crippen molar-refractivity contribution >= 4 is 22.7 Å². The lowest BCUT2D eigenvalue weighted by atomic mass is 9.76. The van der Waals surface area contributed by atoms with Crippen LogP contribution in [0.1, 0.15) is 61.9 Å². The number of carbonyl (C=O) groups excluding carboxylic acids is 2. The molecule has 7 rings (SSSR count). The fourth-order valence-corrected chi connectivity index (χ4v) is 7.71. The van der Waals surface area contributed by atoms with E-state index < -0.39 is 5.54 Å². The van der Waals surface area contributed by atoms with Crippen LogP contribution in [-0.2, 0) is 21.7 Å². The lowest BCUT2D eigenvalue weighted by Gasteiger charge is -2.53. The van der Waals surface area contributed by atoms with Gasteiger partial charge < -0.3 is 24.3 Å². The molecule has 0 spiro atoms. The molecule has 8 nitrogen and oxygen atoms in total. The Hall–Kier alpha value is -4.30. The van der Waals surface area contributed by atoms with Gasteiger partial charge in [0.15, 0.2) is 17.0 Å². The van der Waals surface area contributed by atoms with E-state index in [2.05, 4.69) is 46.3 Å². The fourth-order valence-electron chi connectivity index (χ4n) is 7.71. The predicted molar refractivity (Wildman–Crippen MR) is 174 cm³/mol. The van der Waals surface area contributed by atoms with E-state index in [0.29, 0.717) is 18.0 Å². The standard InChI is InChI=1S/C37H42N4O4/c1-24(2)45-31-15-14-26(20-32(31)44-4)29-22-41-33(42)23-40(27-16-18-39(19-17-27)21-25-10-6-5-7-11-25)36(43)37(41,3)35-34(29)28-12-8-9-13-30(28)38-35/h5-15,20,24,27,29,38H,16-19,21-23H2,1-4H3/t29?,37-/m0/s1. The topological polar surface area (TPSA) is 78.1 Å². The van der Waals surface area contributed by atoms with Gasteiger partial charge in [0.05, 0.1) is 18.9 Å². The molecule has 3 aliphatic rings. The van der Waals surface area contributed by atoms with Crippen LogP contribution in [0.5, 0.6) is 11.5 Å². The van der Waals surface area contributed by atoms with Crippen molar-refractivity contribution < 1.29 is 19.1 Å². The molecule has 2 saturated heterocycles. The Balaban J connectivity index is 1.22. The summed E-state index contributed by atoms with van der Waals surface area (Å²) in [6.45, 7) is 9.15. The Bertz CT molecular complexity index is 1730. The summed E-state index contributed by atoms with van der Waals surface area (Å²) in [5, 5.41) is 1.08. The highest BCUT2D eigenvalue weighted by Crippen LogP contribution is 2.49. The van der Waals surface area contributed by atoms with Gasteiger partial charge in [0.2, 0.25) is 5.91 Å². The second-order valence-corrected chi connectivity index (χ2v) is 13.1. The Kier molecular flexibility index (Phi) is 7.56. The highest BCUT2D eigenvalue weighted by atomic mass is 16.5. The van der Waals surface area contributed by atoms with Crippen LogP contribution < -0.4 is 9.47 Å². The van der Waals surface area contributed by atoms with Crippen molar-refractivity contribution in [2.75, 3.05) is 33.3 Å². The molecule has 2 fully saturated rings. The molecule has 0 saturated carbocycles. The number of nitrogens with one attached hydrogen (secondary N) is 1. The van der Waals surface area contributed by atoms with Crippen LogP contribution in [0.3, 0.4) is 0 Å². The van der Waals surface area contributed by atoms with E-state index in [4.69, 9.17) is 9.47 Å². The van der Waals surface area contributed by atoms with Gasteiger partial charge in [0.1, 0.15) is 6.54 Å². The van der Waals surface area contributed by atoms with E-state index in [-0.39, 0.29) is 36.4 Å². The molecule has 2 amide bonds. The first-order valence-corrected chi connectivity index (χ1v) is 16.1. The van der Waals surface area contributed by atoms with Crippen molar-refractivity contribution in [3.05, 3.63) is 95.2 Å². The number of aromatic amines is 1. The highest BCUT2D eigenvalue weighted by Gasteiger charge is 2.57. The lowest BCUT2D eigenvalue weighted by molar-refractivity contribution is -0.169. The summed E-state index contributed by atoms with van der Waals surface area (Å²) < 4.78 is 11.7. The van der Waals surface area contributed by atoms with Gasteiger partial charge in [-0.05, 0) is 68.5 Å². The summed E-state index contributed by atoms with van der Waals surface area (Å²) in [5.41, 5.74) is 4.05. The predicted octanol–water partition coefficient (Wildman–Crippen LogP) is 5.66. The number of amides is 2. The summed E-state index contributed by atoms with van der Waals surface area (Å²) in [5.74, 6) is 1.20. The molecule has 8 heteroatoms. The summed E-state index contributed by atoms with van der Waals surface area (Å²) in [4.78, 5) is 38.6. The van der Waals surface area contributed by atoms with E-state index in [1.165, 1.54) is 5.56 Å². The summed E-state index contributed by atoms with van der Waals surface area (Å²) >= 11 is 0. The fraction of sp³-hybridized carbons (Fsp3) is 0.405. The van der Waals surface area contributed by atoms with E-state index in [1.54, 1.807) is 7.11 Å². The Labute approximate surface area is 264 Å². The maximum atomic E-state index is 14.7. The highest BCUT2D eigenvalue weighted by molar-refractivity contribution is 6.01. The first kappa shape index (κ1) is 29.4. The molecule has 45 heavy (non-hydrogen) atoms. The van der Waals surface area contributed by atoms with Crippen molar-refractivity contribution in [3.63, 3.8) is 0 Å². The van der Waals surface area contributed by atoms with Crippen LogP contribution >= 0.6 is 0 Å². The zero-order chi connectivity index (χ0) is 31.3. The van der Waals surface area contributed by atoms with Gasteiger partial charge in [0.25, 0.3) is 5.91 Å². The van der Waals surface area contributed by atoms with E-state index in [9.17, 15) is 9.59 Å². The van der Waals surface area contributed by atoms with Gasteiger partial charge in [0, 0.05) is 49.0 Å². The van der Waals surface area contributed by atoms with E-state index >= 15 is 0 Å². The van der Waals surface area contributed by atoms with Gasteiger partial charge in [-0.3, -0.25) is 14.5 Å². The third-order valence-corrected chi connectivity index (χ3v) is 9.97. The van der Waals surface area contributed by atoms with Crippen LogP contribution in [0.2, 0.25) is 0 Å². The molecule has 4 aromatic rings. The van der Waals surface area contributed by atoms with Crippen molar-refractivity contribution in [1.82, 2.24) is 19.7 Å². The van der Waals surface area contributed by atoms with Crippen LogP contribution in [0.4, 0.5) is 0 Å². The number of piperidine rings is 1. The zero-order valence-corrected chi connectivity index (χ0v) is 26.6. The largest absolute Gasteiger partial charge is 0.493 e. The quantitative estimate of drug-likeness (QED) is 0.294. The number of methoxy groups -OCH3 is 1. The minimum Gasteiger partial charge on any atom is -0.493 e. The minimum absolute atomic E-state index is 0.00753. The normalized spacial score (nSPS) is 22.6. The van der Waals surface area contributed by atoms with Crippen LogP contribution in [0.15, 0.2) is 72.8 Å². The molecular weight excluding hydrogens is 564 g/mol. The number of H-pyrrole nitrogens is 1.